The predicted molar refractivity (Wildman–Crippen MR) is 94.8 cm³/mol. The number of benzene rings is 1. The molecule has 0 radical (unpaired) electrons. The van der Waals surface area contributed by atoms with Crippen molar-refractivity contribution in [3.05, 3.63) is 53.7 Å². The van der Waals surface area contributed by atoms with Crippen molar-refractivity contribution in [2.24, 2.45) is 16.5 Å². The SMILES string of the molecule is Cc1cc(-c2csc(N=C(N)N)n2)cn1S(=O)(=O)c1ccccc1. The molecule has 0 bridgehead atoms. The van der Waals surface area contributed by atoms with Gasteiger partial charge in [-0.1, -0.05) is 18.2 Å². The smallest absolute Gasteiger partial charge is 0.267 e. The van der Waals surface area contributed by atoms with Crippen molar-refractivity contribution >= 4 is 32.5 Å². The van der Waals surface area contributed by atoms with Gasteiger partial charge >= 0.3 is 0 Å². The van der Waals surface area contributed by atoms with E-state index >= 15 is 0 Å². The number of aromatic nitrogens is 2. The summed E-state index contributed by atoms with van der Waals surface area (Å²) < 4.78 is 26.7. The highest BCUT2D eigenvalue weighted by molar-refractivity contribution is 7.90. The van der Waals surface area contributed by atoms with E-state index in [1.807, 2.05) is 0 Å². The van der Waals surface area contributed by atoms with E-state index in [0.717, 1.165) is 0 Å². The molecule has 9 heteroatoms. The van der Waals surface area contributed by atoms with Gasteiger partial charge in [0.1, 0.15) is 0 Å². The summed E-state index contributed by atoms with van der Waals surface area (Å²) in [6.45, 7) is 1.73. The summed E-state index contributed by atoms with van der Waals surface area (Å²) >= 11 is 1.27. The molecule has 0 aliphatic heterocycles. The molecule has 2 aromatic heterocycles. The summed E-state index contributed by atoms with van der Waals surface area (Å²) in [4.78, 5) is 8.41. The average molecular weight is 361 g/mol. The Morgan fingerprint density at radius 1 is 1.25 bits per heavy atom. The number of nitrogens with zero attached hydrogens (tertiary/aromatic N) is 3. The Bertz CT molecular complexity index is 1000. The molecule has 3 aromatic rings. The molecule has 0 spiro atoms. The van der Waals surface area contributed by atoms with Crippen molar-refractivity contribution in [1.29, 1.82) is 0 Å². The first kappa shape index (κ1) is 16.2. The second kappa shape index (κ2) is 6.10. The van der Waals surface area contributed by atoms with Gasteiger partial charge in [0.15, 0.2) is 5.96 Å². The lowest BCUT2D eigenvalue weighted by molar-refractivity contribution is 0.586. The zero-order chi connectivity index (χ0) is 17.3. The Morgan fingerprint density at radius 2 is 1.96 bits per heavy atom. The quantitative estimate of drug-likeness (QED) is 0.545. The number of thiazole rings is 1. The first-order valence-electron chi connectivity index (χ1n) is 6.93. The van der Waals surface area contributed by atoms with Crippen LogP contribution in [0.1, 0.15) is 5.69 Å². The van der Waals surface area contributed by atoms with Gasteiger partial charge in [-0.3, -0.25) is 0 Å². The highest BCUT2D eigenvalue weighted by Gasteiger charge is 2.20. The van der Waals surface area contributed by atoms with Crippen LogP contribution in [-0.4, -0.2) is 23.3 Å². The molecule has 0 amide bonds. The summed E-state index contributed by atoms with van der Waals surface area (Å²) in [6.07, 6.45) is 1.55. The lowest BCUT2D eigenvalue weighted by Gasteiger charge is -2.07. The second-order valence-electron chi connectivity index (χ2n) is 5.04. The van der Waals surface area contributed by atoms with Gasteiger partial charge in [-0.25, -0.2) is 17.4 Å². The van der Waals surface area contributed by atoms with Crippen molar-refractivity contribution in [3.8, 4) is 11.3 Å². The molecule has 0 saturated carbocycles. The molecule has 24 heavy (non-hydrogen) atoms. The van der Waals surface area contributed by atoms with Gasteiger partial charge in [0.2, 0.25) is 5.13 Å². The molecule has 124 valence electrons. The van der Waals surface area contributed by atoms with Crippen molar-refractivity contribution in [2.75, 3.05) is 0 Å². The first-order chi connectivity index (χ1) is 11.4. The molecule has 4 N–H and O–H groups in total. The van der Waals surface area contributed by atoms with Crippen molar-refractivity contribution in [1.82, 2.24) is 8.96 Å². The number of hydrogen-bond acceptors (Lipinski definition) is 5. The van der Waals surface area contributed by atoms with Gasteiger partial charge in [0.25, 0.3) is 10.0 Å². The fourth-order valence-electron chi connectivity index (χ4n) is 2.22. The largest absolute Gasteiger partial charge is 0.370 e. The minimum Gasteiger partial charge on any atom is -0.370 e. The van der Waals surface area contributed by atoms with E-state index in [1.54, 1.807) is 54.9 Å². The molecule has 0 atom stereocenters. The molecule has 3 rings (SSSR count). The highest BCUT2D eigenvalue weighted by Crippen LogP contribution is 2.29. The van der Waals surface area contributed by atoms with Crippen LogP contribution in [0.25, 0.3) is 11.3 Å². The topological polar surface area (TPSA) is 116 Å². The van der Waals surface area contributed by atoms with E-state index in [0.29, 0.717) is 22.1 Å². The van der Waals surface area contributed by atoms with Gasteiger partial charge in [0.05, 0.1) is 10.6 Å². The summed E-state index contributed by atoms with van der Waals surface area (Å²) in [7, 11) is -3.64. The molecule has 1 aromatic carbocycles. The van der Waals surface area contributed by atoms with Gasteiger partial charge in [-0.15, -0.1) is 11.3 Å². The Balaban J connectivity index is 2.02. The summed E-state index contributed by atoms with van der Waals surface area (Å²) in [6, 6.07) is 10.0. The van der Waals surface area contributed by atoms with E-state index in [4.69, 9.17) is 11.5 Å². The van der Waals surface area contributed by atoms with E-state index in [2.05, 4.69) is 9.98 Å². The van der Waals surface area contributed by atoms with E-state index in [1.165, 1.54) is 15.3 Å². The van der Waals surface area contributed by atoms with Gasteiger partial charge in [-0.2, -0.15) is 4.99 Å². The number of rotatable bonds is 4. The minimum absolute atomic E-state index is 0.0729. The lowest BCUT2D eigenvalue weighted by Crippen LogP contribution is -2.21. The maximum absolute atomic E-state index is 12.7. The van der Waals surface area contributed by atoms with Crippen LogP contribution in [0.3, 0.4) is 0 Å². The van der Waals surface area contributed by atoms with Gasteiger partial charge in [0, 0.05) is 22.8 Å². The van der Waals surface area contributed by atoms with Gasteiger partial charge < -0.3 is 11.5 Å². The Labute approximate surface area is 143 Å². The second-order valence-corrected chi connectivity index (χ2v) is 7.69. The zero-order valence-electron chi connectivity index (χ0n) is 12.7. The number of guanidine groups is 1. The zero-order valence-corrected chi connectivity index (χ0v) is 14.4. The van der Waals surface area contributed by atoms with E-state index < -0.39 is 10.0 Å². The highest BCUT2D eigenvalue weighted by atomic mass is 32.2. The molecule has 2 heterocycles. The van der Waals surface area contributed by atoms with Crippen molar-refractivity contribution < 1.29 is 8.42 Å². The minimum atomic E-state index is -3.64. The number of aryl methyl sites for hydroxylation is 1. The standard InChI is InChI=1S/C15H15N5O2S2/c1-10-7-11(13-9-23-15(18-13)19-14(16)17)8-20(10)24(21,22)12-5-3-2-4-6-12/h2-9H,1H3,(H4,16,17,18,19). The average Bonchev–Trinajstić information content (AvgIpc) is 3.14. The van der Waals surface area contributed by atoms with Crippen LogP contribution in [0.15, 0.2) is 57.9 Å². The maximum Gasteiger partial charge on any atom is 0.267 e. The fourth-order valence-corrected chi connectivity index (χ4v) is 4.35. The van der Waals surface area contributed by atoms with Crippen LogP contribution in [0.4, 0.5) is 5.13 Å². The molecule has 0 aliphatic carbocycles. The van der Waals surface area contributed by atoms with Crippen molar-refractivity contribution in [3.63, 3.8) is 0 Å². The molecular formula is C15H15N5O2S2. The molecular weight excluding hydrogens is 346 g/mol. The predicted octanol–water partition coefficient (Wildman–Crippen LogP) is 2.06. The van der Waals surface area contributed by atoms with Crippen LogP contribution in [0, 0.1) is 6.92 Å². The van der Waals surface area contributed by atoms with E-state index in [9.17, 15) is 8.42 Å². The third-order valence-corrected chi connectivity index (χ3v) is 5.79. The molecule has 0 unspecified atom stereocenters. The monoisotopic (exact) mass is 361 g/mol. The Kier molecular flexibility index (Phi) is 4.12. The summed E-state index contributed by atoms with van der Waals surface area (Å²) in [5.41, 5.74) is 12.6. The molecule has 0 fully saturated rings. The molecule has 7 nitrogen and oxygen atoms in total. The van der Waals surface area contributed by atoms with Crippen LogP contribution < -0.4 is 11.5 Å². The summed E-state index contributed by atoms with van der Waals surface area (Å²) in [5.74, 6) is -0.0729. The van der Waals surface area contributed by atoms with Crippen LogP contribution in [0.5, 0.6) is 0 Å². The maximum atomic E-state index is 12.7. The fraction of sp³-hybridized carbons (Fsp3) is 0.0667. The van der Waals surface area contributed by atoms with Crippen LogP contribution in [0.2, 0.25) is 0 Å². The lowest BCUT2D eigenvalue weighted by atomic mass is 10.2. The Hall–Kier alpha value is -2.65. The van der Waals surface area contributed by atoms with Crippen LogP contribution in [-0.2, 0) is 10.0 Å². The first-order valence-corrected chi connectivity index (χ1v) is 9.25. The molecule has 0 saturated heterocycles. The normalized spacial score (nSPS) is 11.4. The Morgan fingerprint density at radius 3 is 2.62 bits per heavy atom. The third kappa shape index (κ3) is 3.03. The van der Waals surface area contributed by atoms with Gasteiger partial charge in [-0.05, 0) is 25.1 Å². The van der Waals surface area contributed by atoms with Crippen LogP contribution >= 0.6 is 11.3 Å². The van der Waals surface area contributed by atoms with E-state index in [-0.39, 0.29) is 10.9 Å². The summed E-state index contributed by atoms with van der Waals surface area (Å²) in [5, 5.41) is 2.19. The number of aliphatic imine (C=N–C) groups is 1. The number of hydrogen-bond donors (Lipinski definition) is 2. The number of nitrogens with two attached hydrogens (primary N) is 2. The molecule has 0 aliphatic rings. The third-order valence-electron chi connectivity index (χ3n) is 3.28. The van der Waals surface area contributed by atoms with Crippen molar-refractivity contribution in [2.45, 2.75) is 11.8 Å².